The highest BCUT2D eigenvalue weighted by Crippen LogP contribution is 2.14. The van der Waals surface area contributed by atoms with Gasteiger partial charge in [-0.2, -0.15) is 5.26 Å². The van der Waals surface area contributed by atoms with Gasteiger partial charge in [0.05, 0.1) is 17.7 Å². The average Bonchev–Trinajstić information content (AvgIpc) is 2.77. The zero-order valence-corrected chi connectivity index (χ0v) is 16.6. The number of hydrogen-bond acceptors (Lipinski definition) is 6. The van der Waals surface area contributed by atoms with Crippen LogP contribution in [-0.2, 0) is 0 Å². The third-order valence-electron chi connectivity index (χ3n) is 4.93. The largest absolute Gasteiger partial charge is 0.337 e. The second kappa shape index (κ2) is 9.15. The van der Waals surface area contributed by atoms with E-state index in [0.29, 0.717) is 43.3 Å². The van der Waals surface area contributed by atoms with Crippen molar-refractivity contribution in [1.82, 2.24) is 20.2 Å². The summed E-state index contributed by atoms with van der Waals surface area (Å²) < 4.78 is 0. The van der Waals surface area contributed by atoms with Gasteiger partial charge < -0.3 is 15.1 Å². The lowest BCUT2D eigenvalue weighted by Gasteiger charge is -2.35. The molecule has 2 amide bonds. The predicted octanol–water partition coefficient (Wildman–Crippen LogP) is 2.09. The summed E-state index contributed by atoms with van der Waals surface area (Å²) in [4.78, 5) is 37.9. The molecule has 0 aliphatic carbocycles. The van der Waals surface area contributed by atoms with E-state index < -0.39 is 6.04 Å². The number of aromatic nitrogens is 2. The van der Waals surface area contributed by atoms with E-state index in [2.05, 4.69) is 15.3 Å². The molecule has 1 unspecified atom stereocenters. The van der Waals surface area contributed by atoms with Crippen LogP contribution >= 0.6 is 0 Å². The number of urea groups is 1. The average molecular weight is 392 g/mol. The number of hydrogen-bond donors (Lipinski definition) is 1. The van der Waals surface area contributed by atoms with Gasteiger partial charge in [-0.15, -0.1) is 0 Å². The van der Waals surface area contributed by atoms with E-state index in [4.69, 9.17) is 5.26 Å². The smallest absolute Gasteiger partial charge is 0.318 e. The van der Waals surface area contributed by atoms with Gasteiger partial charge in [-0.3, -0.25) is 4.79 Å². The molecule has 3 rings (SSSR count). The number of carbonyl (C=O) groups is 2. The minimum atomic E-state index is -0.633. The van der Waals surface area contributed by atoms with Crippen molar-refractivity contribution < 1.29 is 9.59 Å². The second-order valence-electron chi connectivity index (χ2n) is 7.25. The van der Waals surface area contributed by atoms with Gasteiger partial charge >= 0.3 is 6.03 Å². The highest BCUT2D eigenvalue weighted by atomic mass is 16.2. The molecule has 1 saturated heterocycles. The van der Waals surface area contributed by atoms with Crippen LogP contribution in [0.1, 0.15) is 29.8 Å². The highest BCUT2D eigenvalue weighted by molar-refractivity contribution is 6.02. The number of nitrogens with one attached hydrogen (secondary N) is 1. The predicted molar refractivity (Wildman–Crippen MR) is 108 cm³/mol. The maximum absolute atomic E-state index is 12.9. The van der Waals surface area contributed by atoms with Crippen LogP contribution in [0.4, 0.5) is 10.7 Å². The quantitative estimate of drug-likeness (QED) is 0.782. The van der Waals surface area contributed by atoms with Crippen LogP contribution in [0.25, 0.3) is 0 Å². The normalized spacial score (nSPS) is 15.0. The second-order valence-corrected chi connectivity index (χ2v) is 7.25. The van der Waals surface area contributed by atoms with E-state index in [1.807, 2.05) is 24.8 Å². The van der Waals surface area contributed by atoms with Gasteiger partial charge in [0.25, 0.3) is 0 Å². The summed E-state index contributed by atoms with van der Waals surface area (Å²) in [6.07, 6.45) is 3.40. The van der Waals surface area contributed by atoms with Crippen molar-refractivity contribution in [2.75, 3.05) is 31.1 Å². The molecule has 0 bridgehead atoms. The van der Waals surface area contributed by atoms with Crippen molar-refractivity contribution in [2.45, 2.75) is 19.9 Å². The Bertz CT molecular complexity index is 884. The first kappa shape index (κ1) is 20.3. The van der Waals surface area contributed by atoms with Crippen LogP contribution in [0, 0.1) is 17.2 Å². The number of Topliss-reactive ketones (excluding diaryl/α,β-unsaturated/α-hetero) is 1. The van der Waals surface area contributed by atoms with E-state index in [-0.39, 0.29) is 17.7 Å². The van der Waals surface area contributed by atoms with Gasteiger partial charge in [-0.25, -0.2) is 14.8 Å². The van der Waals surface area contributed by atoms with Gasteiger partial charge in [0.2, 0.25) is 5.95 Å². The molecule has 0 radical (unpaired) electrons. The maximum Gasteiger partial charge on any atom is 0.318 e. The Balaban J connectivity index is 1.61. The summed E-state index contributed by atoms with van der Waals surface area (Å²) in [5, 5.41) is 11.8. The highest BCUT2D eigenvalue weighted by Gasteiger charge is 2.29. The zero-order chi connectivity index (χ0) is 20.8. The fourth-order valence-corrected chi connectivity index (χ4v) is 3.21. The number of anilines is 1. The molecular weight excluding hydrogens is 368 g/mol. The van der Waals surface area contributed by atoms with E-state index in [0.717, 1.165) is 0 Å². The molecule has 1 atom stereocenters. The third kappa shape index (κ3) is 4.88. The van der Waals surface area contributed by atoms with E-state index in [1.165, 1.54) is 0 Å². The van der Waals surface area contributed by atoms with Gasteiger partial charge in [-0.05, 0) is 24.1 Å². The number of rotatable bonds is 5. The molecule has 8 heteroatoms. The van der Waals surface area contributed by atoms with Crippen molar-refractivity contribution in [3.05, 3.63) is 53.9 Å². The Labute approximate surface area is 170 Å². The first-order valence-corrected chi connectivity index (χ1v) is 9.61. The van der Waals surface area contributed by atoms with Crippen molar-refractivity contribution >= 4 is 17.8 Å². The molecule has 29 heavy (non-hydrogen) atoms. The lowest BCUT2D eigenvalue weighted by Crippen LogP contribution is -2.55. The number of ketones is 1. The van der Waals surface area contributed by atoms with Crippen LogP contribution in [0.5, 0.6) is 0 Å². The summed E-state index contributed by atoms with van der Waals surface area (Å²) in [5.41, 5.74) is 0.973. The minimum absolute atomic E-state index is 0.0684. The number of nitrogens with zero attached hydrogens (tertiary/aromatic N) is 5. The molecule has 1 fully saturated rings. The number of amides is 2. The monoisotopic (exact) mass is 392 g/mol. The lowest BCUT2D eigenvalue weighted by atomic mass is 9.94. The molecule has 0 spiro atoms. The molecule has 2 aromatic rings. The van der Waals surface area contributed by atoms with Crippen LogP contribution in [0.15, 0.2) is 42.7 Å². The topological polar surface area (TPSA) is 102 Å². The summed E-state index contributed by atoms with van der Waals surface area (Å²) in [6.45, 7) is 6.12. The zero-order valence-electron chi connectivity index (χ0n) is 16.6. The number of benzene rings is 1. The van der Waals surface area contributed by atoms with Crippen molar-refractivity contribution in [2.24, 2.45) is 5.92 Å². The summed E-state index contributed by atoms with van der Waals surface area (Å²) in [5.74, 6) is 0.430. The molecule has 2 heterocycles. The lowest BCUT2D eigenvalue weighted by molar-refractivity contribution is 0.0913. The fourth-order valence-electron chi connectivity index (χ4n) is 3.21. The Morgan fingerprint density at radius 3 is 2.24 bits per heavy atom. The van der Waals surface area contributed by atoms with Crippen LogP contribution in [-0.4, -0.2) is 58.9 Å². The molecular formula is C21H24N6O2. The van der Waals surface area contributed by atoms with Crippen molar-refractivity contribution in [3.8, 4) is 6.07 Å². The Hall–Kier alpha value is -3.47. The van der Waals surface area contributed by atoms with Crippen molar-refractivity contribution in [1.29, 1.82) is 5.26 Å². The molecule has 8 nitrogen and oxygen atoms in total. The van der Waals surface area contributed by atoms with Crippen LogP contribution < -0.4 is 10.2 Å². The number of piperazine rings is 1. The van der Waals surface area contributed by atoms with Crippen molar-refractivity contribution in [3.63, 3.8) is 0 Å². The standard InChI is InChI=1S/C21H24N6O2/c1-15(2)18(19(28)17-6-4-16(14-22)5-7-17)25-21(29)27-12-10-26(11-13-27)20-23-8-3-9-24-20/h3-9,15,18H,10-13H2,1-2H3,(H,25,29). The molecule has 1 aliphatic heterocycles. The summed E-state index contributed by atoms with van der Waals surface area (Å²) in [6, 6.07) is 9.39. The Morgan fingerprint density at radius 2 is 1.69 bits per heavy atom. The van der Waals surface area contributed by atoms with Gasteiger partial charge in [0, 0.05) is 44.1 Å². The van der Waals surface area contributed by atoms with Crippen LogP contribution in [0.2, 0.25) is 0 Å². The summed E-state index contributed by atoms with van der Waals surface area (Å²) >= 11 is 0. The van der Waals surface area contributed by atoms with Crippen LogP contribution in [0.3, 0.4) is 0 Å². The van der Waals surface area contributed by atoms with Gasteiger partial charge in [0.1, 0.15) is 0 Å². The number of nitriles is 1. The molecule has 1 N–H and O–H groups in total. The minimum Gasteiger partial charge on any atom is -0.337 e. The molecule has 0 saturated carbocycles. The Kier molecular flexibility index (Phi) is 6.39. The third-order valence-corrected chi connectivity index (χ3v) is 4.93. The maximum atomic E-state index is 12.9. The molecule has 1 aromatic heterocycles. The first-order chi connectivity index (χ1) is 14.0. The van der Waals surface area contributed by atoms with E-state index in [9.17, 15) is 9.59 Å². The number of carbonyl (C=O) groups excluding carboxylic acids is 2. The molecule has 150 valence electrons. The SMILES string of the molecule is CC(C)C(NC(=O)N1CCN(c2ncccn2)CC1)C(=O)c1ccc(C#N)cc1. The van der Waals surface area contributed by atoms with Gasteiger partial charge in [0.15, 0.2) is 5.78 Å². The Morgan fingerprint density at radius 1 is 1.07 bits per heavy atom. The van der Waals surface area contributed by atoms with E-state index in [1.54, 1.807) is 47.6 Å². The molecule has 1 aromatic carbocycles. The molecule has 1 aliphatic rings. The fraction of sp³-hybridized carbons (Fsp3) is 0.381. The van der Waals surface area contributed by atoms with Gasteiger partial charge in [-0.1, -0.05) is 26.0 Å². The first-order valence-electron chi connectivity index (χ1n) is 9.61. The van der Waals surface area contributed by atoms with E-state index >= 15 is 0 Å². The summed E-state index contributed by atoms with van der Waals surface area (Å²) in [7, 11) is 0.